The Morgan fingerprint density at radius 1 is 0.966 bits per heavy atom. The van der Waals surface area contributed by atoms with E-state index >= 15 is 0 Å². The first kappa shape index (κ1) is 21.8. The van der Waals surface area contributed by atoms with Gasteiger partial charge < -0.3 is 29.0 Å². The number of anilines is 1. The Labute approximate surface area is 167 Å². The van der Waals surface area contributed by atoms with Crippen molar-refractivity contribution in [1.82, 2.24) is 0 Å². The van der Waals surface area contributed by atoms with E-state index in [9.17, 15) is 14.9 Å². The number of nitrogens with one attached hydrogen (secondary N) is 1. The van der Waals surface area contributed by atoms with E-state index in [4.69, 9.17) is 23.7 Å². The van der Waals surface area contributed by atoms with Crippen molar-refractivity contribution in [2.75, 3.05) is 47.0 Å². The molecule has 2 aromatic carbocycles. The molecule has 0 heterocycles. The van der Waals surface area contributed by atoms with Crippen molar-refractivity contribution in [3.05, 3.63) is 46.0 Å². The number of hydrogen-bond donors (Lipinski definition) is 1. The second kappa shape index (κ2) is 10.1. The smallest absolute Gasteiger partial charge is 0.286 e. The summed E-state index contributed by atoms with van der Waals surface area (Å²) in [5.41, 5.74) is -0.293. The van der Waals surface area contributed by atoms with Gasteiger partial charge in [0.25, 0.3) is 11.6 Å². The lowest BCUT2D eigenvalue weighted by Gasteiger charge is -2.14. The van der Waals surface area contributed by atoms with Crippen LogP contribution in [-0.4, -0.2) is 52.5 Å². The van der Waals surface area contributed by atoms with Gasteiger partial charge in [-0.15, -0.1) is 0 Å². The molecular weight excluding hydrogens is 384 g/mol. The summed E-state index contributed by atoms with van der Waals surface area (Å²) >= 11 is 0. The monoisotopic (exact) mass is 406 g/mol. The summed E-state index contributed by atoms with van der Waals surface area (Å²) in [6.45, 7) is 0.453. The van der Waals surface area contributed by atoms with Crippen molar-refractivity contribution in [3.63, 3.8) is 0 Å². The minimum Gasteiger partial charge on any atom is -0.497 e. The van der Waals surface area contributed by atoms with E-state index < -0.39 is 16.5 Å². The summed E-state index contributed by atoms with van der Waals surface area (Å²) in [5.74, 6) is 0.479. The highest BCUT2D eigenvalue weighted by molar-refractivity contribution is 6.08. The Morgan fingerprint density at radius 2 is 1.69 bits per heavy atom. The number of nitrogens with zero attached hydrogens (tertiary/aromatic N) is 1. The number of amides is 1. The molecule has 0 spiro atoms. The minimum atomic E-state index is -0.707. The maximum Gasteiger partial charge on any atom is 0.286 e. The van der Waals surface area contributed by atoms with E-state index in [0.717, 1.165) is 6.07 Å². The normalized spacial score (nSPS) is 10.2. The average Bonchev–Trinajstić information content (AvgIpc) is 2.73. The van der Waals surface area contributed by atoms with Crippen LogP contribution in [0.4, 0.5) is 11.4 Å². The van der Waals surface area contributed by atoms with Crippen molar-refractivity contribution in [2.45, 2.75) is 0 Å². The van der Waals surface area contributed by atoms with Gasteiger partial charge in [-0.3, -0.25) is 14.9 Å². The summed E-state index contributed by atoms with van der Waals surface area (Å²) in [7, 11) is 5.81. The number of benzene rings is 2. The van der Waals surface area contributed by atoms with Gasteiger partial charge in [0.15, 0.2) is 11.5 Å². The quantitative estimate of drug-likeness (QED) is 0.363. The van der Waals surface area contributed by atoms with E-state index in [-0.39, 0.29) is 30.3 Å². The Balaban J connectivity index is 2.39. The van der Waals surface area contributed by atoms with Gasteiger partial charge in [-0.25, -0.2) is 0 Å². The molecule has 0 atom stereocenters. The summed E-state index contributed by atoms with van der Waals surface area (Å²) in [5, 5.41) is 14.1. The molecule has 29 heavy (non-hydrogen) atoms. The third-order valence-corrected chi connectivity index (χ3v) is 3.93. The molecule has 0 unspecified atom stereocenters. The van der Waals surface area contributed by atoms with Crippen LogP contribution in [0.15, 0.2) is 30.3 Å². The third-order valence-electron chi connectivity index (χ3n) is 3.93. The van der Waals surface area contributed by atoms with Crippen LogP contribution in [0.1, 0.15) is 10.4 Å². The van der Waals surface area contributed by atoms with Crippen LogP contribution < -0.4 is 24.3 Å². The number of ether oxygens (including phenoxy) is 5. The molecule has 1 amide bonds. The summed E-state index contributed by atoms with van der Waals surface area (Å²) in [6.07, 6.45) is 0. The highest BCUT2D eigenvalue weighted by Crippen LogP contribution is 2.36. The van der Waals surface area contributed by atoms with Crippen LogP contribution in [0.2, 0.25) is 0 Å². The number of carbonyl (C=O) groups excluding carboxylic acids is 1. The molecule has 0 saturated heterocycles. The Morgan fingerprint density at radius 3 is 2.28 bits per heavy atom. The van der Waals surface area contributed by atoms with Gasteiger partial charge in [-0.05, 0) is 12.1 Å². The number of hydrogen-bond acceptors (Lipinski definition) is 8. The predicted octanol–water partition coefficient (Wildman–Crippen LogP) is 2.90. The first-order valence-corrected chi connectivity index (χ1v) is 8.46. The van der Waals surface area contributed by atoms with Crippen molar-refractivity contribution in [1.29, 1.82) is 0 Å². The number of methoxy groups -OCH3 is 4. The first-order valence-electron chi connectivity index (χ1n) is 8.46. The maximum absolute atomic E-state index is 12.8. The van der Waals surface area contributed by atoms with Gasteiger partial charge in [0.05, 0.1) is 44.6 Å². The Kier molecular flexibility index (Phi) is 7.61. The topological polar surface area (TPSA) is 118 Å². The molecule has 0 radical (unpaired) electrons. The van der Waals surface area contributed by atoms with E-state index in [2.05, 4.69) is 5.32 Å². The number of rotatable bonds is 10. The fraction of sp³-hybridized carbons (Fsp3) is 0.316. The zero-order valence-corrected chi connectivity index (χ0v) is 16.5. The van der Waals surface area contributed by atoms with E-state index in [1.54, 1.807) is 18.2 Å². The predicted molar refractivity (Wildman–Crippen MR) is 105 cm³/mol. The lowest BCUT2D eigenvalue weighted by atomic mass is 10.1. The fourth-order valence-corrected chi connectivity index (χ4v) is 2.48. The van der Waals surface area contributed by atoms with Crippen LogP contribution >= 0.6 is 0 Å². The lowest BCUT2D eigenvalue weighted by Crippen LogP contribution is -2.15. The highest BCUT2D eigenvalue weighted by atomic mass is 16.6. The van der Waals surface area contributed by atoms with Gasteiger partial charge in [0.1, 0.15) is 23.7 Å². The maximum atomic E-state index is 12.8. The minimum absolute atomic E-state index is 0.134. The SMILES string of the molecule is COCCOc1cc([N+](=O)[O-])c(C(=O)Nc2ccc(OC)cc2OC)cc1OC. The molecule has 10 heteroatoms. The molecule has 10 nitrogen and oxygen atoms in total. The zero-order valence-electron chi connectivity index (χ0n) is 16.5. The number of carbonyl (C=O) groups is 1. The van der Waals surface area contributed by atoms with Gasteiger partial charge in [0, 0.05) is 19.2 Å². The van der Waals surface area contributed by atoms with Crippen LogP contribution in [0.25, 0.3) is 0 Å². The average molecular weight is 406 g/mol. The molecule has 0 bridgehead atoms. The largest absolute Gasteiger partial charge is 0.497 e. The zero-order chi connectivity index (χ0) is 21.4. The van der Waals surface area contributed by atoms with Crippen molar-refractivity contribution >= 4 is 17.3 Å². The van der Waals surface area contributed by atoms with Gasteiger partial charge in [-0.1, -0.05) is 0 Å². The molecule has 2 rings (SSSR count). The molecule has 2 aromatic rings. The summed E-state index contributed by atoms with van der Waals surface area (Å²) in [4.78, 5) is 23.6. The lowest BCUT2D eigenvalue weighted by molar-refractivity contribution is -0.385. The molecule has 0 aliphatic rings. The Bertz CT molecular complexity index is 885. The molecule has 0 aliphatic carbocycles. The molecule has 0 aliphatic heterocycles. The van der Waals surface area contributed by atoms with Gasteiger partial charge in [-0.2, -0.15) is 0 Å². The third kappa shape index (κ3) is 5.26. The van der Waals surface area contributed by atoms with E-state index in [1.165, 1.54) is 34.5 Å². The van der Waals surface area contributed by atoms with Gasteiger partial charge in [0.2, 0.25) is 0 Å². The second-order valence-corrected chi connectivity index (χ2v) is 5.64. The van der Waals surface area contributed by atoms with Crippen LogP contribution in [0.5, 0.6) is 23.0 Å². The number of nitro benzene ring substituents is 1. The molecular formula is C19H22N2O8. The van der Waals surface area contributed by atoms with Gasteiger partial charge >= 0.3 is 0 Å². The number of nitro groups is 1. The highest BCUT2D eigenvalue weighted by Gasteiger charge is 2.25. The fourth-order valence-electron chi connectivity index (χ4n) is 2.48. The molecule has 1 N–H and O–H groups in total. The van der Waals surface area contributed by atoms with Crippen LogP contribution in [0, 0.1) is 10.1 Å². The summed E-state index contributed by atoms with van der Waals surface area (Å²) in [6, 6.07) is 7.18. The van der Waals surface area contributed by atoms with E-state index in [0.29, 0.717) is 17.2 Å². The molecule has 0 fully saturated rings. The van der Waals surface area contributed by atoms with Crippen LogP contribution in [-0.2, 0) is 4.74 Å². The van der Waals surface area contributed by atoms with Crippen molar-refractivity contribution in [3.8, 4) is 23.0 Å². The molecule has 0 saturated carbocycles. The molecule has 0 aromatic heterocycles. The first-order chi connectivity index (χ1) is 13.9. The standard InChI is InChI=1S/C19H22N2O8/c1-25-7-8-29-18-11-15(21(23)24)13(10-17(18)28-4)19(22)20-14-6-5-12(26-2)9-16(14)27-3/h5-6,9-11H,7-8H2,1-4H3,(H,20,22). The van der Waals surface area contributed by atoms with E-state index in [1.807, 2.05) is 0 Å². The van der Waals surface area contributed by atoms with Crippen molar-refractivity contribution in [2.24, 2.45) is 0 Å². The van der Waals surface area contributed by atoms with Crippen molar-refractivity contribution < 1.29 is 33.4 Å². The summed E-state index contributed by atoms with van der Waals surface area (Å²) < 4.78 is 25.9. The molecule has 156 valence electrons. The van der Waals surface area contributed by atoms with Crippen LogP contribution in [0.3, 0.4) is 0 Å². The second-order valence-electron chi connectivity index (χ2n) is 5.64. The Hall–Kier alpha value is -3.53.